The zero-order valence-corrected chi connectivity index (χ0v) is 24.4. The van der Waals surface area contributed by atoms with Gasteiger partial charge in [0.2, 0.25) is 11.8 Å². The Bertz CT molecular complexity index is 1150. The van der Waals surface area contributed by atoms with Crippen LogP contribution < -0.4 is 15.4 Å². The van der Waals surface area contributed by atoms with Crippen LogP contribution in [0.5, 0.6) is 5.75 Å². The molecule has 1 fully saturated rings. The number of hydrogen-bond acceptors (Lipinski definition) is 6. The minimum atomic E-state index is -0.524. The van der Waals surface area contributed by atoms with E-state index in [9.17, 15) is 14.0 Å². The minimum Gasteiger partial charge on any atom is -0.491 e. The second-order valence-electron chi connectivity index (χ2n) is 9.67. The first-order chi connectivity index (χ1) is 19.2. The number of unbranched alkanes of at least 4 members (excludes halogenated alkanes) is 1. The summed E-state index contributed by atoms with van der Waals surface area (Å²) in [5, 5.41) is 5.82. The summed E-state index contributed by atoms with van der Waals surface area (Å²) >= 11 is 0. The number of nitrogens with zero attached hydrogens (tertiary/aromatic N) is 2. The van der Waals surface area contributed by atoms with Crippen LogP contribution >= 0.6 is 0 Å². The van der Waals surface area contributed by atoms with Crippen LogP contribution in [0.2, 0.25) is 0 Å². The Morgan fingerprint density at radius 1 is 1.12 bits per heavy atom. The highest BCUT2D eigenvalue weighted by Gasteiger charge is 2.24. The molecule has 1 saturated heterocycles. The van der Waals surface area contributed by atoms with Crippen molar-refractivity contribution in [2.75, 3.05) is 44.0 Å². The van der Waals surface area contributed by atoms with E-state index < -0.39 is 5.82 Å². The van der Waals surface area contributed by atoms with E-state index in [0.717, 1.165) is 6.42 Å². The number of rotatable bonds is 12. The number of nitrogens with one attached hydrogen (secondary N) is 2. The van der Waals surface area contributed by atoms with Crippen molar-refractivity contribution >= 4 is 40.8 Å². The van der Waals surface area contributed by atoms with Gasteiger partial charge in [0.15, 0.2) is 0 Å². The maximum Gasteiger partial charge on any atom is 0.233 e. The fourth-order valence-corrected chi connectivity index (χ4v) is 3.92. The van der Waals surface area contributed by atoms with Gasteiger partial charge in [-0.2, -0.15) is 0 Å². The number of anilines is 2. The van der Waals surface area contributed by atoms with Crippen molar-refractivity contribution in [3.05, 3.63) is 54.4 Å². The lowest BCUT2D eigenvalue weighted by Crippen LogP contribution is -2.31. The Morgan fingerprint density at radius 3 is 2.33 bits per heavy atom. The Balaban J connectivity index is 0.00000131. The molecular formula is C31H43FN4O4. The van der Waals surface area contributed by atoms with Crippen LogP contribution in [0.1, 0.15) is 58.9 Å². The van der Waals surface area contributed by atoms with E-state index in [1.807, 2.05) is 0 Å². The van der Waals surface area contributed by atoms with Crippen molar-refractivity contribution in [3.8, 4) is 5.75 Å². The molecule has 1 aliphatic rings. The second-order valence-corrected chi connectivity index (χ2v) is 9.67. The van der Waals surface area contributed by atoms with Crippen LogP contribution in [-0.4, -0.2) is 56.3 Å². The normalized spacial score (nSPS) is 14.4. The van der Waals surface area contributed by atoms with Gasteiger partial charge in [-0.25, -0.2) is 4.39 Å². The number of methoxy groups -OCH3 is 1. The Kier molecular flexibility index (Phi) is 13.9. The summed E-state index contributed by atoms with van der Waals surface area (Å²) in [6, 6.07) is 9.79. The molecule has 0 aliphatic carbocycles. The molecule has 9 heteroatoms. The molecule has 0 bridgehead atoms. The molecule has 8 nitrogen and oxygen atoms in total. The SMILES string of the molecule is C=C(Nc1ccc(NC(=O)CC(=O)N2CCC(C)C2)cc1)c1c(F)cc(OCCOC)cc1N=CC.CCCC. The van der Waals surface area contributed by atoms with Crippen molar-refractivity contribution in [2.24, 2.45) is 10.9 Å². The zero-order chi connectivity index (χ0) is 29.5. The highest BCUT2D eigenvalue weighted by Crippen LogP contribution is 2.33. The number of ether oxygens (including phenoxy) is 2. The lowest BCUT2D eigenvalue weighted by molar-refractivity contribution is -0.133. The number of carbonyl (C=O) groups is 2. The summed E-state index contributed by atoms with van der Waals surface area (Å²) in [5.41, 5.74) is 2.12. The van der Waals surface area contributed by atoms with E-state index in [0.29, 0.717) is 54.1 Å². The summed E-state index contributed by atoms with van der Waals surface area (Å²) in [6.45, 7) is 14.2. The minimum absolute atomic E-state index is 0.158. The highest BCUT2D eigenvalue weighted by molar-refractivity contribution is 6.03. The first kappa shape index (κ1) is 32.5. The lowest BCUT2D eigenvalue weighted by atomic mass is 10.1. The van der Waals surface area contributed by atoms with Gasteiger partial charge < -0.3 is 25.0 Å². The largest absolute Gasteiger partial charge is 0.491 e. The van der Waals surface area contributed by atoms with Gasteiger partial charge in [0, 0.05) is 55.6 Å². The van der Waals surface area contributed by atoms with Crippen LogP contribution in [-0.2, 0) is 14.3 Å². The first-order valence-corrected chi connectivity index (χ1v) is 13.8. The molecule has 2 aromatic carbocycles. The van der Waals surface area contributed by atoms with Gasteiger partial charge in [-0.3, -0.25) is 14.6 Å². The van der Waals surface area contributed by atoms with Gasteiger partial charge in [-0.05, 0) is 43.5 Å². The van der Waals surface area contributed by atoms with Crippen LogP contribution in [0.15, 0.2) is 48.0 Å². The van der Waals surface area contributed by atoms with Crippen LogP contribution in [0.3, 0.4) is 0 Å². The number of amides is 2. The molecule has 1 aliphatic heterocycles. The Morgan fingerprint density at radius 2 is 1.77 bits per heavy atom. The average Bonchev–Trinajstić information content (AvgIpc) is 3.36. The van der Waals surface area contributed by atoms with Gasteiger partial charge >= 0.3 is 0 Å². The molecule has 0 aromatic heterocycles. The van der Waals surface area contributed by atoms with E-state index in [-0.39, 0.29) is 30.4 Å². The topological polar surface area (TPSA) is 92.3 Å². The van der Waals surface area contributed by atoms with Gasteiger partial charge in [0.05, 0.1) is 17.9 Å². The first-order valence-electron chi connectivity index (χ1n) is 13.8. The van der Waals surface area contributed by atoms with Gasteiger partial charge in [0.25, 0.3) is 0 Å². The molecule has 0 radical (unpaired) electrons. The molecule has 2 amide bonds. The molecule has 1 unspecified atom stereocenters. The number of halogens is 1. The van der Waals surface area contributed by atoms with Gasteiger partial charge in [-0.15, -0.1) is 0 Å². The predicted molar refractivity (Wildman–Crippen MR) is 161 cm³/mol. The van der Waals surface area contributed by atoms with Crippen LogP contribution in [0.25, 0.3) is 5.70 Å². The fourth-order valence-electron chi connectivity index (χ4n) is 3.92. The Hall–Kier alpha value is -3.72. The summed E-state index contributed by atoms with van der Waals surface area (Å²) in [4.78, 5) is 30.6. The molecule has 218 valence electrons. The van der Waals surface area contributed by atoms with Crippen LogP contribution in [0, 0.1) is 11.7 Å². The summed E-state index contributed by atoms with van der Waals surface area (Å²) < 4.78 is 25.5. The molecule has 2 aromatic rings. The standard InChI is InChI=1S/C27H33FN4O4.C4H10/c1-5-29-24-15-22(36-13-12-35-4)14-23(28)27(24)19(3)30-20-6-8-21(9-7-20)31-25(33)16-26(34)32-11-10-18(2)17-32;1-3-4-2/h5-9,14-15,18,30H,3,10-13,16-17H2,1-2,4H3,(H,31,33);3-4H2,1-2H3. The summed E-state index contributed by atoms with van der Waals surface area (Å²) in [5.74, 6) is -0.225. The molecule has 2 N–H and O–H groups in total. The van der Waals surface area contributed by atoms with Crippen molar-refractivity contribution in [1.82, 2.24) is 4.90 Å². The van der Waals surface area contributed by atoms with Crippen LogP contribution in [0.4, 0.5) is 21.5 Å². The molecular weight excluding hydrogens is 511 g/mol. The summed E-state index contributed by atoms with van der Waals surface area (Å²) in [6.07, 6.45) is 4.99. The van der Waals surface area contributed by atoms with E-state index in [1.165, 1.54) is 18.9 Å². The third-order valence-electron chi connectivity index (χ3n) is 6.22. The van der Waals surface area contributed by atoms with E-state index >= 15 is 0 Å². The molecule has 0 saturated carbocycles. The average molecular weight is 555 g/mol. The second kappa shape index (κ2) is 17.1. The molecule has 3 rings (SSSR count). The third kappa shape index (κ3) is 10.4. The van der Waals surface area contributed by atoms with E-state index in [1.54, 1.807) is 55.5 Å². The maximum atomic E-state index is 15.0. The fraction of sp³-hybridized carbons (Fsp3) is 0.452. The van der Waals surface area contributed by atoms with Crippen molar-refractivity contribution in [3.63, 3.8) is 0 Å². The zero-order valence-electron chi connectivity index (χ0n) is 24.4. The predicted octanol–water partition coefficient (Wildman–Crippen LogP) is 6.66. The number of carbonyl (C=O) groups excluding carboxylic acids is 2. The van der Waals surface area contributed by atoms with Crippen molar-refractivity contribution in [1.29, 1.82) is 0 Å². The third-order valence-corrected chi connectivity index (χ3v) is 6.22. The number of hydrogen-bond donors (Lipinski definition) is 2. The lowest BCUT2D eigenvalue weighted by Gasteiger charge is -2.16. The highest BCUT2D eigenvalue weighted by atomic mass is 19.1. The molecule has 40 heavy (non-hydrogen) atoms. The summed E-state index contributed by atoms with van der Waals surface area (Å²) in [7, 11) is 1.56. The quantitative estimate of drug-likeness (QED) is 0.174. The number of aliphatic imine (C=N–C) groups is 1. The van der Waals surface area contributed by atoms with Crippen molar-refractivity contribution < 1.29 is 23.5 Å². The van der Waals surface area contributed by atoms with E-state index in [2.05, 4.69) is 43.0 Å². The molecule has 1 atom stereocenters. The number of benzene rings is 2. The monoisotopic (exact) mass is 554 g/mol. The number of likely N-dealkylation sites (tertiary alicyclic amines) is 1. The molecule has 0 spiro atoms. The maximum absolute atomic E-state index is 15.0. The van der Waals surface area contributed by atoms with Gasteiger partial charge in [0.1, 0.15) is 24.6 Å². The van der Waals surface area contributed by atoms with Crippen molar-refractivity contribution in [2.45, 2.75) is 53.4 Å². The molecule has 1 heterocycles. The smallest absolute Gasteiger partial charge is 0.233 e. The van der Waals surface area contributed by atoms with E-state index in [4.69, 9.17) is 9.47 Å². The Labute approximate surface area is 237 Å². The van der Waals surface area contributed by atoms with Gasteiger partial charge in [-0.1, -0.05) is 40.2 Å².